The molecule has 96 valence electrons. The highest BCUT2D eigenvalue weighted by molar-refractivity contribution is 5.78. The number of nitrogens with zero attached hydrogens (tertiary/aromatic N) is 4. The summed E-state index contributed by atoms with van der Waals surface area (Å²) in [5.41, 5.74) is 5.75. The number of rotatable bonds is 3. The highest BCUT2D eigenvalue weighted by atomic mass is 19.4. The second-order valence-corrected chi connectivity index (χ2v) is 3.89. The van der Waals surface area contributed by atoms with Crippen molar-refractivity contribution in [2.45, 2.75) is 12.6 Å². The van der Waals surface area contributed by atoms with Crippen LogP contribution in [0.2, 0.25) is 0 Å². The number of carbonyl (C=O) groups excluding carboxylic acids is 1. The summed E-state index contributed by atoms with van der Waals surface area (Å²) in [6, 6.07) is 0. The van der Waals surface area contributed by atoms with Crippen molar-refractivity contribution in [1.82, 2.24) is 4.90 Å². The number of azide groups is 1. The molecule has 1 heterocycles. The second kappa shape index (κ2) is 4.80. The zero-order chi connectivity index (χ0) is 13.1. The van der Waals surface area contributed by atoms with E-state index in [4.69, 9.17) is 10.6 Å². The zero-order valence-electron chi connectivity index (χ0n) is 8.81. The molecule has 0 radical (unpaired) electrons. The maximum atomic E-state index is 12.7. The van der Waals surface area contributed by atoms with Crippen LogP contribution in [0.15, 0.2) is 5.11 Å². The van der Waals surface area contributed by atoms with Crippen LogP contribution >= 0.6 is 0 Å². The first-order valence-corrected chi connectivity index (χ1v) is 4.82. The number of likely N-dealkylation sites (tertiary alicyclic amines) is 1. The monoisotopic (exact) mass is 252 g/mol. The summed E-state index contributed by atoms with van der Waals surface area (Å²) in [7, 11) is 0. The maximum absolute atomic E-state index is 12.7. The van der Waals surface area contributed by atoms with E-state index in [1.165, 1.54) is 0 Å². The van der Waals surface area contributed by atoms with Gasteiger partial charge < -0.3 is 10.0 Å². The van der Waals surface area contributed by atoms with Gasteiger partial charge in [-0.25, -0.2) is 0 Å². The Kier molecular flexibility index (Phi) is 3.84. The number of halogens is 3. The molecule has 1 amide bonds. The Bertz CT molecular complexity index is 353. The van der Waals surface area contributed by atoms with Gasteiger partial charge in [-0.05, 0) is 12.0 Å². The number of aliphatic hydroxyl groups excluding tert-OH is 1. The molecule has 1 atom stereocenters. The van der Waals surface area contributed by atoms with Gasteiger partial charge in [-0.15, -0.1) is 0 Å². The Labute approximate surface area is 94.6 Å². The van der Waals surface area contributed by atoms with Gasteiger partial charge in [-0.3, -0.25) is 4.79 Å². The van der Waals surface area contributed by atoms with Crippen molar-refractivity contribution in [3.05, 3.63) is 10.4 Å². The largest absolute Gasteiger partial charge is 0.398 e. The van der Waals surface area contributed by atoms with E-state index in [0.717, 1.165) is 4.90 Å². The van der Waals surface area contributed by atoms with Crippen molar-refractivity contribution in [1.29, 1.82) is 0 Å². The van der Waals surface area contributed by atoms with Crippen molar-refractivity contribution >= 4 is 5.91 Å². The minimum Gasteiger partial charge on any atom is -0.395 e. The minimum absolute atomic E-state index is 0.0974. The topological polar surface area (TPSA) is 89.3 Å². The van der Waals surface area contributed by atoms with Crippen LogP contribution in [0.1, 0.15) is 6.42 Å². The van der Waals surface area contributed by atoms with E-state index in [1.54, 1.807) is 0 Å². The van der Waals surface area contributed by atoms with Crippen LogP contribution in [-0.4, -0.2) is 48.3 Å². The van der Waals surface area contributed by atoms with Crippen molar-refractivity contribution in [2.75, 3.05) is 26.2 Å². The molecule has 0 spiro atoms. The second-order valence-electron chi connectivity index (χ2n) is 3.89. The smallest absolute Gasteiger partial charge is 0.395 e. The van der Waals surface area contributed by atoms with E-state index < -0.39 is 37.2 Å². The van der Waals surface area contributed by atoms with Crippen LogP contribution in [-0.2, 0) is 4.79 Å². The Morgan fingerprint density at radius 3 is 2.65 bits per heavy atom. The highest BCUT2D eigenvalue weighted by Gasteiger charge is 2.58. The fraction of sp³-hybridized carbons (Fsp3) is 0.875. The molecule has 1 aliphatic rings. The average Bonchev–Trinajstić information content (AvgIpc) is 2.70. The van der Waals surface area contributed by atoms with Crippen molar-refractivity contribution in [3.8, 4) is 0 Å². The van der Waals surface area contributed by atoms with Gasteiger partial charge in [-0.1, -0.05) is 5.11 Å². The molecule has 1 aliphatic heterocycles. The van der Waals surface area contributed by atoms with Gasteiger partial charge in [-0.2, -0.15) is 13.2 Å². The number of amides is 1. The minimum atomic E-state index is -4.56. The van der Waals surface area contributed by atoms with Gasteiger partial charge in [0.2, 0.25) is 5.91 Å². The van der Waals surface area contributed by atoms with Gasteiger partial charge in [0.1, 0.15) is 12.0 Å². The third-order valence-electron chi connectivity index (χ3n) is 2.88. The normalized spacial score (nSPS) is 24.6. The number of carbonyl (C=O) groups is 1. The van der Waals surface area contributed by atoms with E-state index >= 15 is 0 Å². The summed E-state index contributed by atoms with van der Waals surface area (Å²) < 4.78 is 38.2. The van der Waals surface area contributed by atoms with Crippen LogP contribution in [0, 0.1) is 5.41 Å². The lowest BCUT2D eigenvalue weighted by molar-refractivity contribution is -0.230. The molecule has 0 aliphatic carbocycles. The summed E-state index contributed by atoms with van der Waals surface area (Å²) >= 11 is 0. The SMILES string of the molecule is [N-]=[N+]=NCC(=O)N1CCC(CO)(C(F)(F)F)C1. The molecular weight excluding hydrogens is 241 g/mol. The maximum Gasteiger partial charge on any atom is 0.398 e. The third-order valence-corrected chi connectivity index (χ3v) is 2.88. The molecule has 1 N–H and O–H groups in total. The molecule has 1 saturated heterocycles. The molecule has 17 heavy (non-hydrogen) atoms. The van der Waals surface area contributed by atoms with Gasteiger partial charge >= 0.3 is 6.18 Å². The van der Waals surface area contributed by atoms with Crippen LogP contribution in [0.3, 0.4) is 0 Å². The number of hydrogen-bond donors (Lipinski definition) is 1. The van der Waals surface area contributed by atoms with Crippen LogP contribution in [0.5, 0.6) is 0 Å². The predicted molar refractivity (Wildman–Crippen MR) is 50.8 cm³/mol. The lowest BCUT2D eigenvalue weighted by atomic mass is 9.87. The van der Waals surface area contributed by atoms with E-state index in [1.807, 2.05) is 0 Å². The van der Waals surface area contributed by atoms with E-state index in [2.05, 4.69) is 10.0 Å². The van der Waals surface area contributed by atoms with Crippen molar-refractivity contribution in [3.63, 3.8) is 0 Å². The van der Waals surface area contributed by atoms with Crippen LogP contribution in [0.4, 0.5) is 13.2 Å². The van der Waals surface area contributed by atoms with Gasteiger partial charge in [0.25, 0.3) is 0 Å². The highest BCUT2D eigenvalue weighted by Crippen LogP contribution is 2.44. The Morgan fingerprint density at radius 2 is 2.24 bits per heavy atom. The molecule has 0 saturated carbocycles. The lowest BCUT2D eigenvalue weighted by Crippen LogP contribution is -2.44. The Morgan fingerprint density at radius 1 is 1.59 bits per heavy atom. The zero-order valence-corrected chi connectivity index (χ0v) is 8.81. The summed E-state index contributed by atoms with van der Waals surface area (Å²) in [4.78, 5) is 14.7. The van der Waals surface area contributed by atoms with E-state index in [-0.39, 0.29) is 13.0 Å². The number of hydrogen-bond acceptors (Lipinski definition) is 3. The first-order valence-electron chi connectivity index (χ1n) is 4.82. The van der Waals surface area contributed by atoms with Gasteiger partial charge in [0.05, 0.1) is 6.61 Å². The Balaban J connectivity index is 2.74. The van der Waals surface area contributed by atoms with E-state index in [0.29, 0.717) is 0 Å². The standard InChI is InChI=1S/C8H11F3N4O2/c9-8(10,11)7(5-16)1-2-15(4-7)6(17)3-13-14-12/h16H,1-5H2. The summed E-state index contributed by atoms with van der Waals surface area (Å²) in [6.45, 7) is -2.25. The predicted octanol–water partition coefficient (Wildman–Crippen LogP) is 1.07. The third kappa shape index (κ3) is 2.62. The number of alkyl halides is 3. The van der Waals surface area contributed by atoms with Crippen molar-refractivity contribution < 1.29 is 23.1 Å². The molecular formula is C8H11F3N4O2. The summed E-state index contributed by atoms with van der Waals surface area (Å²) in [5, 5.41) is 11.9. The van der Waals surface area contributed by atoms with Gasteiger partial charge in [0.15, 0.2) is 0 Å². The summed E-state index contributed by atoms with van der Waals surface area (Å²) in [5.74, 6) is -0.664. The van der Waals surface area contributed by atoms with Gasteiger partial charge in [0, 0.05) is 18.0 Å². The molecule has 1 fully saturated rings. The molecule has 0 bridgehead atoms. The molecule has 1 unspecified atom stereocenters. The van der Waals surface area contributed by atoms with Crippen molar-refractivity contribution in [2.24, 2.45) is 10.5 Å². The fourth-order valence-electron chi connectivity index (χ4n) is 1.73. The molecule has 0 aromatic heterocycles. The molecule has 0 aromatic rings. The van der Waals surface area contributed by atoms with Crippen LogP contribution in [0.25, 0.3) is 10.4 Å². The summed E-state index contributed by atoms with van der Waals surface area (Å²) in [6.07, 6.45) is -4.90. The molecule has 0 aromatic carbocycles. The first kappa shape index (κ1) is 13.6. The lowest BCUT2D eigenvalue weighted by Gasteiger charge is -2.29. The molecule has 6 nitrogen and oxygen atoms in total. The van der Waals surface area contributed by atoms with Crippen LogP contribution < -0.4 is 0 Å². The average molecular weight is 252 g/mol. The fourth-order valence-corrected chi connectivity index (χ4v) is 1.73. The number of aliphatic hydroxyl groups is 1. The Hall–Kier alpha value is -1.47. The quantitative estimate of drug-likeness (QED) is 0.462. The van der Waals surface area contributed by atoms with E-state index in [9.17, 15) is 18.0 Å². The molecule has 1 rings (SSSR count). The first-order chi connectivity index (χ1) is 7.86. The molecule has 9 heteroatoms.